The SMILES string of the molecule is O=C(On1nnc2ccccc21)c1ccc(-c2cnc3sc(-c4ccc(-c5ccccc5)cc4)nn23)cc1. The highest BCUT2D eigenvalue weighted by Gasteiger charge is 2.16. The maximum absolute atomic E-state index is 12.7. The van der Waals surface area contributed by atoms with Crippen molar-refractivity contribution in [3.63, 3.8) is 0 Å². The number of rotatable bonds is 5. The van der Waals surface area contributed by atoms with Gasteiger partial charge in [-0.3, -0.25) is 0 Å². The lowest BCUT2D eigenvalue weighted by atomic mass is 10.0. The Morgan fingerprint density at radius 1 is 0.737 bits per heavy atom. The standard InChI is InChI=1S/C29H18N6O2S/c36-28(37-35-25-9-5-4-8-24(25)31-33-35)23-16-12-21(13-17-23)26-18-30-29-34(26)32-27(38-29)22-14-10-20(11-15-22)19-6-2-1-3-7-19/h1-18H. The minimum absolute atomic E-state index is 0.395. The van der Waals surface area contributed by atoms with Gasteiger partial charge in [-0.2, -0.15) is 5.10 Å². The molecule has 0 radical (unpaired) electrons. The maximum atomic E-state index is 12.7. The van der Waals surface area contributed by atoms with E-state index in [1.807, 2.05) is 47.0 Å². The number of carbonyl (C=O) groups is 1. The average Bonchev–Trinajstić information content (AvgIpc) is 3.69. The lowest BCUT2D eigenvalue weighted by molar-refractivity contribution is 0.0409. The molecule has 0 aliphatic heterocycles. The molecule has 0 unspecified atom stereocenters. The van der Waals surface area contributed by atoms with Crippen LogP contribution in [0.25, 0.3) is 48.9 Å². The minimum Gasteiger partial charge on any atom is -0.312 e. The molecule has 0 aliphatic rings. The number of para-hydroxylation sites is 1. The van der Waals surface area contributed by atoms with Crippen molar-refractivity contribution in [1.82, 2.24) is 29.8 Å². The first-order valence-electron chi connectivity index (χ1n) is 11.9. The number of hydrogen-bond donors (Lipinski definition) is 0. The molecule has 0 fully saturated rings. The highest BCUT2D eigenvalue weighted by atomic mass is 32.1. The number of aromatic nitrogens is 6. The monoisotopic (exact) mass is 514 g/mol. The Kier molecular flexibility index (Phi) is 5.26. The second-order valence-corrected chi connectivity index (χ2v) is 9.55. The molecule has 3 aromatic heterocycles. The predicted molar refractivity (Wildman–Crippen MR) is 146 cm³/mol. The Labute approximate surface area is 220 Å². The summed E-state index contributed by atoms with van der Waals surface area (Å²) in [6.45, 7) is 0. The summed E-state index contributed by atoms with van der Waals surface area (Å²) in [6.07, 6.45) is 1.79. The lowest BCUT2D eigenvalue weighted by Gasteiger charge is -2.05. The zero-order valence-corrected chi connectivity index (χ0v) is 20.6. The molecule has 9 heteroatoms. The normalized spacial score (nSPS) is 11.3. The average molecular weight is 515 g/mol. The number of fused-ring (bicyclic) bond motifs is 2. The maximum Gasteiger partial charge on any atom is 0.365 e. The first-order valence-corrected chi connectivity index (χ1v) is 12.7. The fraction of sp³-hybridized carbons (Fsp3) is 0. The van der Waals surface area contributed by atoms with Gasteiger partial charge < -0.3 is 4.84 Å². The summed E-state index contributed by atoms with van der Waals surface area (Å²) in [7, 11) is 0. The number of nitrogens with zero attached hydrogens (tertiary/aromatic N) is 6. The first-order chi connectivity index (χ1) is 18.7. The van der Waals surface area contributed by atoms with Crippen LogP contribution in [0.2, 0.25) is 0 Å². The van der Waals surface area contributed by atoms with E-state index in [1.54, 1.807) is 30.5 Å². The molecule has 0 spiro atoms. The molecule has 0 aliphatic carbocycles. The Morgan fingerprint density at radius 3 is 2.24 bits per heavy atom. The highest BCUT2D eigenvalue weighted by Crippen LogP contribution is 2.31. The molecule has 7 rings (SSSR count). The van der Waals surface area contributed by atoms with Crippen molar-refractivity contribution < 1.29 is 9.63 Å². The van der Waals surface area contributed by atoms with Gasteiger partial charge in [-0.1, -0.05) is 95.0 Å². The van der Waals surface area contributed by atoms with E-state index >= 15 is 0 Å². The number of carbonyl (C=O) groups excluding carboxylic acids is 1. The van der Waals surface area contributed by atoms with E-state index in [4.69, 9.17) is 9.94 Å². The molecule has 0 bridgehead atoms. The molecular weight excluding hydrogens is 496 g/mol. The number of imidazole rings is 1. The van der Waals surface area contributed by atoms with Gasteiger partial charge in [0.15, 0.2) is 0 Å². The number of benzene rings is 4. The first kappa shape index (κ1) is 22.1. The van der Waals surface area contributed by atoms with Gasteiger partial charge in [0.25, 0.3) is 0 Å². The minimum atomic E-state index is -0.527. The van der Waals surface area contributed by atoms with Crippen LogP contribution in [0.15, 0.2) is 109 Å². The summed E-state index contributed by atoms with van der Waals surface area (Å²) in [6, 6.07) is 33.1. The predicted octanol–water partition coefficient (Wildman–Crippen LogP) is 5.81. The van der Waals surface area contributed by atoms with Crippen LogP contribution in [-0.4, -0.2) is 35.7 Å². The molecule has 0 saturated carbocycles. The summed E-state index contributed by atoms with van der Waals surface area (Å²) < 4.78 is 1.83. The van der Waals surface area contributed by atoms with Crippen molar-refractivity contribution >= 4 is 33.3 Å². The fourth-order valence-electron chi connectivity index (χ4n) is 4.27. The zero-order valence-electron chi connectivity index (χ0n) is 19.8. The zero-order chi connectivity index (χ0) is 25.5. The van der Waals surface area contributed by atoms with Crippen LogP contribution in [0.1, 0.15) is 10.4 Å². The molecule has 4 aromatic carbocycles. The van der Waals surface area contributed by atoms with Crippen LogP contribution in [0.4, 0.5) is 0 Å². The van der Waals surface area contributed by atoms with Crippen LogP contribution in [0, 0.1) is 0 Å². The largest absolute Gasteiger partial charge is 0.365 e. The number of hydrogen-bond acceptors (Lipinski definition) is 7. The van der Waals surface area contributed by atoms with E-state index in [-0.39, 0.29) is 0 Å². The van der Waals surface area contributed by atoms with Crippen molar-refractivity contribution in [2.45, 2.75) is 0 Å². The van der Waals surface area contributed by atoms with Crippen LogP contribution >= 0.6 is 11.3 Å². The summed E-state index contributed by atoms with van der Waals surface area (Å²) >= 11 is 1.53. The smallest absolute Gasteiger partial charge is 0.312 e. The Hall–Kier alpha value is -5.15. The van der Waals surface area contributed by atoms with E-state index in [1.165, 1.54) is 16.9 Å². The quantitative estimate of drug-likeness (QED) is 0.270. The second kappa shape index (κ2) is 9.06. The second-order valence-electron chi connectivity index (χ2n) is 8.60. The molecule has 0 saturated heterocycles. The van der Waals surface area contributed by atoms with Crippen LogP contribution in [-0.2, 0) is 0 Å². The van der Waals surface area contributed by atoms with Crippen molar-refractivity contribution in [3.05, 3.63) is 115 Å². The third-order valence-electron chi connectivity index (χ3n) is 6.23. The van der Waals surface area contributed by atoms with Gasteiger partial charge in [0.2, 0.25) is 4.96 Å². The summed E-state index contributed by atoms with van der Waals surface area (Å²) in [5, 5.41) is 13.6. The van der Waals surface area contributed by atoms with Gasteiger partial charge in [0, 0.05) is 11.1 Å². The molecular formula is C29H18N6O2S. The highest BCUT2D eigenvalue weighted by molar-refractivity contribution is 7.19. The van der Waals surface area contributed by atoms with Crippen molar-refractivity contribution in [3.8, 4) is 33.0 Å². The molecule has 0 atom stereocenters. The molecule has 0 N–H and O–H groups in total. The Bertz CT molecular complexity index is 1900. The fourth-order valence-corrected chi connectivity index (χ4v) is 5.15. The molecule has 182 valence electrons. The van der Waals surface area contributed by atoms with Gasteiger partial charge in [-0.05, 0) is 40.6 Å². The van der Waals surface area contributed by atoms with E-state index < -0.39 is 5.97 Å². The van der Waals surface area contributed by atoms with Gasteiger partial charge in [0.1, 0.15) is 16.0 Å². The Balaban J connectivity index is 1.12. The molecule has 0 amide bonds. The summed E-state index contributed by atoms with van der Waals surface area (Å²) in [5.41, 5.74) is 6.76. The van der Waals surface area contributed by atoms with Crippen LogP contribution in [0.3, 0.4) is 0 Å². The topological polar surface area (TPSA) is 87.2 Å². The van der Waals surface area contributed by atoms with Gasteiger partial charge in [-0.25, -0.2) is 14.3 Å². The van der Waals surface area contributed by atoms with Gasteiger partial charge >= 0.3 is 5.97 Å². The van der Waals surface area contributed by atoms with E-state index in [9.17, 15) is 4.79 Å². The molecule has 8 nitrogen and oxygen atoms in total. The van der Waals surface area contributed by atoms with Crippen molar-refractivity contribution in [2.24, 2.45) is 0 Å². The molecule has 3 heterocycles. The molecule has 7 aromatic rings. The third-order valence-corrected chi connectivity index (χ3v) is 7.20. The Morgan fingerprint density at radius 2 is 1.42 bits per heavy atom. The summed E-state index contributed by atoms with van der Waals surface area (Å²) in [4.78, 5) is 24.6. The lowest BCUT2D eigenvalue weighted by Crippen LogP contribution is -2.20. The van der Waals surface area contributed by atoms with Gasteiger partial charge in [-0.15, -0.1) is 5.10 Å². The molecule has 38 heavy (non-hydrogen) atoms. The van der Waals surface area contributed by atoms with Crippen LogP contribution in [0.5, 0.6) is 0 Å². The summed E-state index contributed by atoms with van der Waals surface area (Å²) in [5.74, 6) is -0.527. The van der Waals surface area contributed by atoms with Crippen molar-refractivity contribution in [1.29, 1.82) is 0 Å². The third kappa shape index (κ3) is 3.91. The van der Waals surface area contributed by atoms with Gasteiger partial charge in [0.05, 0.1) is 17.5 Å². The van der Waals surface area contributed by atoms with E-state index in [0.29, 0.717) is 16.6 Å². The van der Waals surface area contributed by atoms with Crippen LogP contribution < -0.4 is 4.84 Å². The van der Waals surface area contributed by atoms with E-state index in [2.05, 4.69) is 51.7 Å². The van der Waals surface area contributed by atoms with E-state index in [0.717, 1.165) is 37.2 Å². The van der Waals surface area contributed by atoms with Crippen molar-refractivity contribution in [2.75, 3.05) is 0 Å².